The van der Waals surface area contributed by atoms with Crippen molar-refractivity contribution in [3.63, 3.8) is 0 Å². The summed E-state index contributed by atoms with van der Waals surface area (Å²) in [5, 5.41) is 11.8. The Kier molecular flexibility index (Phi) is 5.05. The highest BCUT2D eigenvalue weighted by Gasteiger charge is 2.14. The van der Waals surface area contributed by atoms with Crippen LogP contribution < -0.4 is 5.32 Å². The van der Waals surface area contributed by atoms with Gasteiger partial charge in [-0.05, 0) is 31.9 Å². The van der Waals surface area contributed by atoms with Gasteiger partial charge in [-0.1, -0.05) is 6.92 Å². The average molecular weight is 224 g/mol. The molecule has 1 heterocycles. The van der Waals surface area contributed by atoms with Crippen LogP contribution in [0.2, 0.25) is 0 Å². The molecular formula is C12H20N2O2. The third-order valence-electron chi connectivity index (χ3n) is 2.71. The van der Waals surface area contributed by atoms with Crippen molar-refractivity contribution in [2.45, 2.75) is 39.3 Å². The molecule has 1 aromatic heterocycles. The van der Waals surface area contributed by atoms with E-state index in [1.807, 2.05) is 36.7 Å². The van der Waals surface area contributed by atoms with Crippen LogP contribution in [0.25, 0.3) is 0 Å². The summed E-state index contributed by atoms with van der Waals surface area (Å²) in [6.45, 7) is 4.89. The normalized spacial score (nSPS) is 12.4. The SMILES string of the molecule is CCC(CCO)NC(=O)c1cccn1CC. The van der Waals surface area contributed by atoms with E-state index in [9.17, 15) is 4.79 Å². The van der Waals surface area contributed by atoms with Crippen molar-refractivity contribution in [1.82, 2.24) is 9.88 Å². The van der Waals surface area contributed by atoms with Crippen LogP contribution in [0.15, 0.2) is 18.3 Å². The number of aromatic nitrogens is 1. The van der Waals surface area contributed by atoms with Gasteiger partial charge < -0.3 is 15.0 Å². The largest absolute Gasteiger partial charge is 0.396 e. The van der Waals surface area contributed by atoms with E-state index in [0.29, 0.717) is 12.1 Å². The molecule has 0 saturated heterocycles. The van der Waals surface area contributed by atoms with Gasteiger partial charge in [0.25, 0.3) is 5.91 Å². The van der Waals surface area contributed by atoms with Gasteiger partial charge in [-0.3, -0.25) is 4.79 Å². The molecule has 0 fully saturated rings. The third-order valence-corrected chi connectivity index (χ3v) is 2.71. The number of nitrogens with one attached hydrogen (secondary N) is 1. The molecule has 2 N–H and O–H groups in total. The fraction of sp³-hybridized carbons (Fsp3) is 0.583. The number of amides is 1. The van der Waals surface area contributed by atoms with Crippen molar-refractivity contribution in [1.29, 1.82) is 0 Å². The van der Waals surface area contributed by atoms with E-state index in [4.69, 9.17) is 5.11 Å². The summed E-state index contributed by atoms with van der Waals surface area (Å²) >= 11 is 0. The Hall–Kier alpha value is -1.29. The highest BCUT2D eigenvalue weighted by atomic mass is 16.3. The van der Waals surface area contributed by atoms with Gasteiger partial charge in [0, 0.05) is 25.4 Å². The van der Waals surface area contributed by atoms with Crippen LogP contribution in [0, 0.1) is 0 Å². The molecule has 1 aromatic rings. The van der Waals surface area contributed by atoms with Crippen LogP contribution in [0.3, 0.4) is 0 Å². The Morgan fingerprint density at radius 2 is 2.31 bits per heavy atom. The molecule has 1 unspecified atom stereocenters. The third kappa shape index (κ3) is 3.10. The zero-order valence-corrected chi connectivity index (χ0v) is 9.94. The Balaban J connectivity index is 2.64. The van der Waals surface area contributed by atoms with Crippen LogP contribution in [-0.4, -0.2) is 28.2 Å². The summed E-state index contributed by atoms with van der Waals surface area (Å²) in [7, 11) is 0. The molecule has 0 aliphatic rings. The highest BCUT2D eigenvalue weighted by Crippen LogP contribution is 2.04. The maximum absolute atomic E-state index is 11.9. The predicted octanol–water partition coefficient (Wildman–Crippen LogP) is 1.40. The zero-order valence-electron chi connectivity index (χ0n) is 9.94. The number of carbonyl (C=O) groups excluding carboxylic acids is 1. The number of hydrogen-bond donors (Lipinski definition) is 2. The average Bonchev–Trinajstić information content (AvgIpc) is 2.76. The molecule has 4 heteroatoms. The van der Waals surface area contributed by atoms with E-state index in [2.05, 4.69) is 5.32 Å². The second-order valence-corrected chi connectivity index (χ2v) is 3.77. The fourth-order valence-electron chi connectivity index (χ4n) is 1.69. The molecule has 16 heavy (non-hydrogen) atoms. The van der Waals surface area contributed by atoms with E-state index in [0.717, 1.165) is 13.0 Å². The van der Waals surface area contributed by atoms with Crippen molar-refractivity contribution in [2.75, 3.05) is 6.61 Å². The summed E-state index contributed by atoms with van der Waals surface area (Å²) in [5.74, 6) is -0.0628. The topological polar surface area (TPSA) is 54.3 Å². The molecule has 0 aromatic carbocycles. The Bertz CT molecular complexity index is 334. The van der Waals surface area contributed by atoms with Gasteiger partial charge in [0.15, 0.2) is 0 Å². The molecule has 0 aliphatic carbocycles. The van der Waals surface area contributed by atoms with Crippen LogP contribution in [-0.2, 0) is 6.54 Å². The van der Waals surface area contributed by atoms with E-state index in [1.165, 1.54) is 0 Å². The molecule has 1 rings (SSSR count). The predicted molar refractivity (Wildman–Crippen MR) is 63.4 cm³/mol. The minimum atomic E-state index is -0.0628. The minimum absolute atomic E-state index is 0.0534. The quantitative estimate of drug-likeness (QED) is 0.767. The first-order valence-corrected chi connectivity index (χ1v) is 5.79. The van der Waals surface area contributed by atoms with Gasteiger partial charge in [0.2, 0.25) is 0 Å². The molecule has 0 aliphatic heterocycles. The molecule has 0 spiro atoms. The van der Waals surface area contributed by atoms with Crippen LogP contribution >= 0.6 is 0 Å². The first-order valence-electron chi connectivity index (χ1n) is 5.79. The summed E-state index contributed by atoms with van der Waals surface area (Å²) < 4.78 is 1.90. The van der Waals surface area contributed by atoms with Crippen molar-refractivity contribution >= 4 is 5.91 Å². The maximum atomic E-state index is 11.9. The molecule has 0 radical (unpaired) electrons. The molecule has 1 amide bonds. The summed E-state index contributed by atoms with van der Waals surface area (Å²) in [4.78, 5) is 11.9. The van der Waals surface area contributed by atoms with Gasteiger partial charge >= 0.3 is 0 Å². The maximum Gasteiger partial charge on any atom is 0.268 e. The highest BCUT2D eigenvalue weighted by molar-refractivity contribution is 5.92. The first-order chi connectivity index (χ1) is 7.72. The van der Waals surface area contributed by atoms with E-state index in [1.54, 1.807) is 0 Å². The molecule has 0 bridgehead atoms. The molecule has 1 atom stereocenters. The number of aliphatic hydroxyl groups excluding tert-OH is 1. The molecule has 4 nitrogen and oxygen atoms in total. The number of carbonyl (C=O) groups is 1. The second-order valence-electron chi connectivity index (χ2n) is 3.77. The summed E-state index contributed by atoms with van der Waals surface area (Å²) in [5.41, 5.74) is 0.680. The van der Waals surface area contributed by atoms with E-state index in [-0.39, 0.29) is 18.6 Å². The van der Waals surface area contributed by atoms with Gasteiger partial charge in [0.05, 0.1) is 0 Å². The lowest BCUT2D eigenvalue weighted by atomic mass is 10.1. The van der Waals surface area contributed by atoms with Crippen molar-refractivity contribution in [3.8, 4) is 0 Å². The lowest BCUT2D eigenvalue weighted by Gasteiger charge is -2.16. The molecule has 90 valence electrons. The fourth-order valence-corrected chi connectivity index (χ4v) is 1.69. The number of aryl methyl sites for hydroxylation is 1. The second kappa shape index (κ2) is 6.33. The Morgan fingerprint density at radius 1 is 1.56 bits per heavy atom. The van der Waals surface area contributed by atoms with E-state index < -0.39 is 0 Å². The monoisotopic (exact) mass is 224 g/mol. The summed E-state index contributed by atoms with van der Waals surface area (Å²) in [6.07, 6.45) is 3.33. The standard InChI is InChI=1S/C12H20N2O2/c1-3-10(7-9-15)13-12(16)11-6-5-8-14(11)4-2/h5-6,8,10,15H,3-4,7,9H2,1-2H3,(H,13,16). The van der Waals surface area contributed by atoms with Gasteiger partial charge in [-0.2, -0.15) is 0 Å². The van der Waals surface area contributed by atoms with Gasteiger partial charge in [-0.15, -0.1) is 0 Å². The lowest BCUT2D eigenvalue weighted by Crippen LogP contribution is -2.36. The van der Waals surface area contributed by atoms with Gasteiger partial charge in [-0.25, -0.2) is 0 Å². The molecule has 0 saturated carbocycles. The Labute approximate surface area is 96.3 Å². The number of nitrogens with zero attached hydrogens (tertiary/aromatic N) is 1. The first kappa shape index (κ1) is 12.8. The van der Waals surface area contributed by atoms with Crippen LogP contribution in [0.4, 0.5) is 0 Å². The van der Waals surface area contributed by atoms with Crippen LogP contribution in [0.5, 0.6) is 0 Å². The van der Waals surface area contributed by atoms with Gasteiger partial charge in [0.1, 0.15) is 5.69 Å². The van der Waals surface area contributed by atoms with Crippen molar-refractivity contribution < 1.29 is 9.90 Å². The summed E-state index contributed by atoms with van der Waals surface area (Å²) in [6, 6.07) is 3.73. The number of hydrogen-bond acceptors (Lipinski definition) is 2. The van der Waals surface area contributed by atoms with E-state index >= 15 is 0 Å². The number of rotatable bonds is 6. The van der Waals surface area contributed by atoms with Crippen LogP contribution in [0.1, 0.15) is 37.2 Å². The molecular weight excluding hydrogens is 204 g/mol. The minimum Gasteiger partial charge on any atom is -0.396 e. The number of aliphatic hydroxyl groups is 1. The van der Waals surface area contributed by atoms with Crippen molar-refractivity contribution in [3.05, 3.63) is 24.0 Å². The Morgan fingerprint density at radius 3 is 2.88 bits per heavy atom. The van der Waals surface area contributed by atoms with Crippen molar-refractivity contribution in [2.24, 2.45) is 0 Å². The smallest absolute Gasteiger partial charge is 0.268 e. The lowest BCUT2D eigenvalue weighted by molar-refractivity contribution is 0.0920. The zero-order chi connectivity index (χ0) is 12.0.